The van der Waals surface area contributed by atoms with Gasteiger partial charge in [-0.05, 0) is 43.3 Å². The molecule has 5 heteroatoms. The summed E-state index contributed by atoms with van der Waals surface area (Å²) >= 11 is 0. The molecule has 1 heterocycles. The van der Waals surface area contributed by atoms with Crippen LogP contribution < -0.4 is 15.0 Å². The Morgan fingerprint density at radius 3 is 2.54 bits per heavy atom. The highest BCUT2D eigenvalue weighted by Gasteiger charge is 2.31. The largest absolute Gasteiger partial charge is 0.494 e. The number of nitrogens with zero attached hydrogens (tertiary/aromatic N) is 1. The van der Waals surface area contributed by atoms with Gasteiger partial charge < -0.3 is 15.0 Å². The van der Waals surface area contributed by atoms with Crippen LogP contribution in [0.4, 0.5) is 5.69 Å². The van der Waals surface area contributed by atoms with Crippen LogP contribution in [0.25, 0.3) is 0 Å². The maximum absolute atomic E-state index is 12.3. The molecule has 1 atom stereocenters. The fraction of sp³-hybridized carbons (Fsp3) is 0.263. The van der Waals surface area contributed by atoms with E-state index in [-0.39, 0.29) is 17.9 Å². The predicted molar refractivity (Wildman–Crippen MR) is 92.3 cm³/mol. The average Bonchev–Trinajstić information content (AvgIpc) is 2.97. The summed E-state index contributed by atoms with van der Waals surface area (Å²) < 4.78 is 5.41. The highest BCUT2D eigenvalue weighted by atomic mass is 16.5. The van der Waals surface area contributed by atoms with E-state index in [1.54, 1.807) is 17.0 Å². The van der Waals surface area contributed by atoms with E-state index in [4.69, 9.17) is 4.74 Å². The molecule has 0 radical (unpaired) electrons. The van der Waals surface area contributed by atoms with Gasteiger partial charge in [-0.25, -0.2) is 0 Å². The van der Waals surface area contributed by atoms with E-state index in [1.165, 1.54) is 0 Å². The summed E-state index contributed by atoms with van der Waals surface area (Å²) in [4.78, 5) is 26.2. The number of carbonyl (C=O) groups is 2. The van der Waals surface area contributed by atoms with E-state index in [2.05, 4.69) is 5.32 Å². The van der Waals surface area contributed by atoms with Crippen LogP contribution in [0.15, 0.2) is 54.6 Å². The number of carbonyl (C=O) groups excluding carboxylic acids is 2. The third-order valence-corrected chi connectivity index (χ3v) is 3.96. The van der Waals surface area contributed by atoms with Crippen LogP contribution in [-0.2, 0) is 4.79 Å². The number of amides is 2. The lowest BCUT2D eigenvalue weighted by atomic mass is 10.2. The van der Waals surface area contributed by atoms with Gasteiger partial charge >= 0.3 is 0 Å². The Morgan fingerprint density at radius 2 is 1.88 bits per heavy atom. The van der Waals surface area contributed by atoms with Gasteiger partial charge in [-0.15, -0.1) is 0 Å². The minimum absolute atomic E-state index is 0.0116. The molecule has 2 aromatic rings. The van der Waals surface area contributed by atoms with Crippen LogP contribution in [0, 0.1) is 0 Å². The zero-order valence-corrected chi connectivity index (χ0v) is 13.6. The number of benzene rings is 2. The first kappa shape index (κ1) is 16.1. The highest BCUT2D eigenvalue weighted by molar-refractivity contribution is 5.98. The molecule has 0 saturated carbocycles. The van der Waals surface area contributed by atoms with Crippen LogP contribution in [-0.4, -0.2) is 31.0 Å². The Hall–Kier alpha value is -2.82. The number of hydrogen-bond donors (Lipinski definition) is 1. The lowest BCUT2D eigenvalue weighted by Gasteiger charge is -2.17. The molecular formula is C19H20N2O3. The van der Waals surface area contributed by atoms with Crippen LogP contribution in [0.1, 0.15) is 23.7 Å². The zero-order chi connectivity index (χ0) is 16.9. The second-order valence-electron chi connectivity index (χ2n) is 5.67. The number of hydrogen-bond acceptors (Lipinski definition) is 3. The van der Waals surface area contributed by atoms with E-state index in [0.29, 0.717) is 25.1 Å². The molecule has 124 valence electrons. The summed E-state index contributed by atoms with van der Waals surface area (Å²) in [6.07, 6.45) is 0.311. The van der Waals surface area contributed by atoms with Crippen molar-refractivity contribution in [1.82, 2.24) is 5.32 Å². The molecule has 1 fully saturated rings. The Morgan fingerprint density at radius 1 is 1.17 bits per heavy atom. The molecule has 1 aliphatic heterocycles. The van der Waals surface area contributed by atoms with Gasteiger partial charge in [0, 0.05) is 24.2 Å². The summed E-state index contributed by atoms with van der Waals surface area (Å²) in [6.45, 7) is 3.01. The van der Waals surface area contributed by atoms with Crippen molar-refractivity contribution in [3.8, 4) is 5.75 Å². The highest BCUT2D eigenvalue weighted by Crippen LogP contribution is 2.24. The zero-order valence-electron chi connectivity index (χ0n) is 13.6. The summed E-state index contributed by atoms with van der Waals surface area (Å²) in [6, 6.07) is 16.3. The first-order valence-electron chi connectivity index (χ1n) is 8.06. The Kier molecular flexibility index (Phi) is 4.79. The van der Waals surface area contributed by atoms with Crippen molar-refractivity contribution < 1.29 is 14.3 Å². The monoisotopic (exact) mass is 324 g/mol. The maximum Gasteiger partial charge on any atom is 0.251 e. The minimum Gasteiger partial charge on any atom is -0.494 e. The topological polar surface area (TPSA) is 58.6 Å². The summed E-state index contributed by atoms with van der Waals surface area (Å²) in [5.74, 6) is 0.640. The van der Waals surface area contributed by atoms with E-state index in [9.17, 15) is 9.59 Å². The summed E-state index contributed by atoms with van der Waals surface area (Å²) in [7, 11) is 0. The summed E-state index contributed by atoms with van der Waals surface area (Å²) in [5, 5.41) is 2.93. The van der Waals surface area contributed by atoms with E-state index < -0.39 is 0 Å². The van der Waals surface area contributed by atoms with Crippen molar-refractivity contribution in [1.29, 1.82) is 0 Å². The molecule has 0 unspecified atom stereocenters. The van der Waals surface area contributed by atoms with E-state index in [1.807, 2.05) is 49.4 Å². The predicted octanol–water partition coefficient (Wildman–Crippen LogP) is 2.62. The van der Waals surface area contributed by atoms with Crippen molar-refractivity contribution in [3.63, 3.8) is 0 Å². The minimum atomic E-state index is -0.184. The van der Waals surface area contributed by atoms with Crippen molar-refractivity contribution in [2.45, 2.75) is 19.4 Å². The molecule has 2 amide bonds. The molecule has 3 rings (SSSR count). The van der Waals surface area contributed by atoms with Crippen LogP contribution in [0.3, 0.4) is 0 Å². The molecule has 1 saturated heterocycles. The van der Waals surface area contributed by atoms with Gasteiger partial charge in [0.05, 0.1) is 12.6 Å². The lowest BCUT2D eigenvalue weighted by Crippen LogP contribution is -2.37. The van der Waals surface area contributed by atoms with Crippen molar-refractivity contribution in [2.24, 2.45) is 0 Å². The molecule has 24 heavy (non-hydrogen) atoms. The number of rotatable bonds is 5. The smallest absolute Gasteiger partial charge is 0.251 e. The molecule has 1 N–H and O–H groups in total. The van der Waals surface area contributed by atoms with Gasteiger partial charge in [0.25, 0.3) is 5.91 Å². The molecule has 0 bridgehead atoms. The standard InChI is InChI=1S/C19H20N2O3/c1-2-24-17-10-8-16(9-11-17)21-13-15(12-18(21)22)20-19(23)14-6-4-3-5-7-14/h3-11,15H,2,12-13H2,1H3,(H,20,23)/t15-/m0/s1. The third kappa shape index (κ3) is 3.56. The van der Waals surface area contributed by atoms with Crippen LogP contribution in [0.2, 0.25) is 0 Å². The van der Waals surface area contributed by atoms with Crippen molar-refractivity contribution in [3.05, 3.63) is 60.2 Å². The van der Waals surface area contributed by atoms with Crippen LogP contribution >= 0.6 is 0 Å². The van der Waals surface area contributed by atoms with Gasteiger partial charge in [-0.1, -0.05) is 18.2 Å². The van der Waals surface area contributed by atoms with Crippen molar-refractivity contribution in [2.75, 3.05) is 18.1 Å². The maximum atomic E-state index is 12.3. The molecule has 5 nitrogen and oxygen atoms in total. The Labute approximate surface area is 141 Å². The number of anilines is 1. The fourth-order valence-corrected chi connectivity index (χ4v) is 2.80. The number of nitrogens with one attached hydrogen (secondary N) is 1. The molecule has 2 aromatic carbocycles. The third-order valence-electron chi connectivity index (χ3n) is 3.96. The molecule has 0 aliphatic carbocycles. The first-order valence-corrected chi connectivity index (χ1v) is 8.06. The SMILES string of the molecule is CCOc1ccc(N2C[C@@H](NC(=O)c3ccccc3)CC2=O)cc1. The van der Waals surface area contributed by atoms with Gasteiger partial charge in [-0.3, -0.25) is 9.59 Å². The summed E-state index contributed by atoms with van der Waals surface area (Å²) in [5.41, 5.74) is 1.42. The second-order valence-corrected chi connectivity index (χ2v) is 5.67. The molecular weight excluding hydrogens is 304 g/mol. The lowest BCUT2D eigenvalue weighted by molar-refractivity contribution is -0.117. The van der Waals surface area contributed by atoms with Gasteiger partial charge in [-0.2, -0.15) is 0 Å². The fourth-order valence-electron chi connectivity index (χ4n) is 2.80. The average molecular weight is 324 g/mol. The van der Waals surface area contributed by atoms with Gasteiger partial charge in [0.15, 0.2) is 0 Å². The molecule has 1 aliphatic rings. The quantitative estimate of drug-likeness (QED) is 0.920. The van der Waals surface area contributed by atoms with Gasteiger partial charge in [0.1, 0.15) is 5.75 Å². The van der Waals surface area contributed by atoms with E-state index >= 15 is 0 Å². The van der Waals surface area contributed by atoms with Gasteiger partial charge in [0.2, 0.25) is 5.91 Å². The normalized spacial score (nSPS) is 17.0. The first-order chi connectivity index (χ1) is 11.7. The number of ether oxygens (including phenoxy) is 1. The van der Waals surface area contributed by atoms with Crippen LogP contribution in [0.5, 0.6) is 5.75 Å². The molecule has 0 aromatic heterocycles. The molecule has 0 spiro atoms. The van der Waals surface area contributed by atoms with Crippen molar-refractivity contribution >= 4 is 17.5 Å². The van der Waals surface area contributed by atoms with E-state index in [0.717, 1.165) is 11.4 Å². The Bertz CT molecular complexity index is 713. The second kappa shape index (κ2) is 7.17. The Balaban J connectivity index is 1.64.